The van der Waals surface area contributed by atoms with Gasteiger partial charge in [0, 0.05) is 30.3 Å². The molecule has 112 valence electrons. The summed E-state index contributed by atoms with van der Waals surface area (Å²) in [5, 5.41) is 1.36. The van der Waals surface area contributed by atoms with Crippen molar-refractivity contribution in [1.82, 2.24) is 14.5 Å². The number of aromatic nitrogens is 3. The highest BCUT2D eigenvalue weighted by Crippen LogP contribution is 2.43. The third-order valence-corrected chi connectivity index (χ3v) is 5.15. The molecule has 2 heterocycles. The Bertz CT molecular complexity index is 814. The molecule has 0 N–H and O–H groups in total. The van der Waals surface area contributed by atoms with E-state index in [-0.39, 0.29) is 0 Å². The maximum Gasteiger partial charge on any atom is 0.176 e. The van der Waals surface area contributed by atoms with Crippen molar-refractivity contribution in [3.05, 3.63) is 46.7 Å². The zero-order chi connectivity index (χ0) is 15.1. The van der Waals surface area contributed by atoms with Gasteiger partial charge < -0.3 is 4.57 Å². The first-order chi connectivity index (χ1) is 10.8. The summed E-state index contributed by atoms with van der Waals surface area (Å²) in [6.07, 6.45) is 8.87. The fourth-order valence-electron chi connectivity index (χ4n) is 3.76. The molecular weight excluding hydrogens is 338 g/mol. The fraction of sp³-hybridized carbons (Fsp3) is 0.333. The monoisotopic (exact) mass is 355 g/mol. The van der Waals surface area contributed by atoms with Crippen LogP contribution in [-0.2, 0) is 7.05 Å². The van der Waals surface area contributed by atoms with Crippen LogP contribution in [0, 0.1) is 0 Å². The van der Waals surface area contributed by atoms with Gasteiger partial charge in [0.05, 0.1) is 10.2 Å². The minimum atomic E-state index is 0.633. The number of para-hydroxylation sites is 1. The van der Waals surface area contributed by atoms with Gasteiger partial charge in [0.1, 0.15) is 0 Å². The molecule has 3 aromatic rings. The lowest BCUT2D eigenvalue weighted by Gasteiger charge is -2.12. The van der Waals surface area contributed by atoms with Gasteiger partial charge >= 0.3 is 0 Å². The van der Waals surface area contributed by atoms with E-state index in [1.54, 1.807) is 0 Å². The average Bonchev–Trinajstić information content (AvgIpc) is 3.15. The highest BCUT2D eigenvalue weighted by molar-refractivity contribution is 9.10. The Morgan fingerprint density at radius 1 is 1.09 bits per heavy atom. The molecule has 1 saturated carbocycles. The van der Waals surface area contributed by atoms with Crippen molar-refractivity contribution in [2.45, 2.75) is 31.6 Å². The topological polar surface area (TPSA) is 30.7 Å². The molecule has 1 aliphatic carbocycles. The van der Waals surface area contributed by atoms with Crippen molar-refractivity contribution >= 4 is 26.8 Å². The molecule has 4 heteroatoms. The highest BCUT2D eigenvalue weighted by Gasteiger charge is 2.27. The zero-order valence-corrected chi connectivity index (χ0v) is 14.2. The summed E-state index contributed by atoms with van der Waals surface area (Å²) in [6, 6.07) is 8.67. The molecule has 0 bridgehead atoms. The van der Waals surface area contributed by atoms with Gasteiger partial charge in [0.2, 0.25) is 0 Å². The van der Waals surface area contributed by atoms with Crippen LogP contribution in [0.25, 0.3) is 22.4 Å². The Morgan fingerprint density at radius 2 is 1.77 bits per heavy atom. The molecule has 1 aliphatic rings. The normalized spacial score (nSPS) is 15.7. The number of aryl methyl sites for hydroxylation is 1. The minimum absolute atomic E-state index is 0.633. The number of hydrogen-bond acceptors (Lipinski definition) is 2. The second-order valence-corrected chi connectivity index (χ2v) is 6.96. The molecule has 4 rings (SSSR count). The van der Waals surface area contributed by atoms with Gasteiger partial charge in [-0.2, -0.15) is 0 Å². The van der Waals surface area contributed by atoms with Gasteiger partial charge in [-0.1, -0.05) is 31.0 Å². The van der Waals surface area contributed by atoms with Crippen molar-refractivity contribution in [2.24, 2.45) is 7.05 Å². The van der Waals surface area contributed by atoms with Crippen LogP contribution in [-0.4, -0.2) is 14.5 Å². The quantitative estimate of drug-likeness (QED) is 0.643. The van der Waals surface area contributed by atoms with Crippen LogP contribution in [0.4, 0.5) is 0 Å². The van der Waals surface area contributed by atoms with Crippen molar-refractivity contribution < 1.29 is 0 Å². The number of nitrogens with zero attached hydrogens (tertiary/aromatic N) is 3. The van der Waals surface area contributed by atoms with E-state index in [1.807, 2.05) is 12.4 Å². The molecule has 0 spiro atoms. The van der Waals surface area contributed by atoms with Crippen molar-refractivity contribution in [3.63, 3.8) is 0 Å². The Labute approximate surface area is 138 Å². The van der Waals surface area contributed by atoms with E-state index in [4.69, 9.17) is 0 Å². The van der Waals surface area contributed by atoms with E-state index in [9.17, 15) is 0 Å². The molecule has 2 aromatic heterocycles. The summed E-state index contributed by atoms with van der Waals surface area (Å²) in [6.45, 7) is 0. The van der Waals surface area contributed by atoms with E-state index >= 15 is 0 Å². The second kappa shape index (κ2) is 5.51. The maximum absolute atomic E-state index is 4.56. The summed E-state index contributed by atoms with van der Waals surface area (Å²) in [5.74, 6) is 1.46. The molecule has 3 nitrogen and oxygen atoms in total. The van der Waals surface area contributed by atoms with Gasteiger partial charge in [-0.3, -0.25) is 0 Å². The standard InChI is InChI=1S/C18H18BrN3/c1-22-15-9-5-4-8-14(15)16(12-6-2-3-7-12)17(22)18-20-10-13(19)11-21-18/h4-5,8-12H,2-3,6-7H2,1H3. The second-order valence-electron chi connectivity index (χ2n) is 6.04. The lowest BCUT2D eigenvalue weighted by Crippen LogP contribution is -2.01. The van der Waals surface area contributed by atoms with E-state index in [2.05, 4.69) is 61.8 Å². The van der Waals surface area contributed by atoms with E-state index in [0.29, 0.717) is 5.92 Å². The number of rotatable bonds is 2. The van der Waals surface area contributed by atoms with E-state index in [0.717, 1.165) is 10.3 Å². The van der Waals surface area contributed by atoms with Crippen LogP contribution in [0.15, 0.2) is 41.1 Å². The molecule has 1 aromatic carbocycles. The predicted molar refractivity (Wildman–Crippen MR) is 92.9 cm³/mol. The Balaban J connectivity index is 2.01. The largest absolute Gasteiger partial charge is 0.341 e. The Hall–Kier alpha value is -1.68. The average molecular weight is 356 g/mol. The molecule has 0 radical (unpaired) electrons. The van der Waals surface area contributed by atoms with Crippen LogP contribution in [0.1, 0.15) is 37.2 Å². The van der Waals surface area contributed by atoms with Crippen LogP contribution in [0.5, 0.6) is 0 Å². The molecule has 0 saturated heterocycles. The first kappa shape index (κ1) is 13.9. The van der Waals surface area contributed by atoms with E-state index < -0.39 is 0 Å². The molecule has 0 aliphatic heterocycles. The first-order valence-corrected chi connectivity index (χ1v) is 8.60. The molecule has 0 amide bonds. The SMILES string of the molecule is Cn1c(-c2ncc(Br)cn2)c(C2CCCC2)c2ccccc21. The fourth-order valence-corrected chi connectivity index (χ4v) is 3.96. The van der Waals surface area contributed by atoms with Crippen molar-refractivity contribution in [1.29, 1.82) is 0 Å². The zero-order valence-electron chi connectivity index (χ0n) is 12.6. The number of halogens is 1. The summed E-state index contributed by atoms with van der Waals surface area (Å²) < 4.78 is 3.17. The van der Waals surface area contributed by atoms with Gasteiger partial charge in [-0.15, -0.1) is 0 Å². The number of benzene rings is 1. The minimum Gasteiger partial charge on any atom is -0.341 e. The summed E-state index contributed by atoms with van der Waals surface area (Å²) in [5.41, 5.74) is 3.89. The summed E-state index contributed by atoms with van der Waals surface area (Å²) in [7, 11) is 2.13. The lowest BCUT2D eigenvalue weighted by atomic mass is 9.94. The first-order valence-electron chi connectivity index (χ1n) is 7.81. The Kier molecular flexibility index (Phi) is 3.49. The highest BCUT2D eigenvalue weighted by atomic mass is 79.9. The van der Waals surface area contributed by atoms with Gasteiger partial charge in [0.15, 0.2) is 5.82 Å². The predicted octanol–water partition coefficient (Wildman–Crippen LogP) is 5.06. The van der Waals surface area contributed by atoms with Gasteiger partial charge in [0.25, 0.3) is 0 Å². The third kappa shape index (κ3) is 2.17. The lowest BCUT2D eigenvalue weighted by molar-refractivity contribution is 0.725. The third-order valence-electron chi connectivity index (χ3n) is 4.74. The van der Waals surface area contributed by atoms with Crippen LogP contribution in [0.3, 0.4) is 0 Å². The van der Waals surface area contributed by atoms with Gasteiger partial charge in [-0.05, 0) is 46.3 Å². The Morgan fingerprint density at radius 3 is 2.50 bits per heavy atom. The molecule has 22 heavy (non-hydrogen) atoms. The van der Waals surface area contributed by atoms with Crippen LogP contribution in [0.2, 0.25) is 0 Å². The van der Waals surface area contributed by atoms with Crippen LogP contribution < -0.4 is 0 Å². The molecular formula is C18H18BrN3. The van der Waals surface area contributed by atoms with Crippen molar-refractivity contribution in [3.8, 4) is 11.5 Å². The van der Waals surface area contributed by atoms with Crippen LogP contribution >= 0.6 is 15.9 Å². The van der Waals surface area contributed by atoms with E-state index in [1.165, 1.54) is 47.8 Å². The number of hydrogen-bond donors (Lipinski definition) is 0. The van der Waals surface area contributed by atoms with Gasteiger partial charge in [-0.25, -0.2) is 9.97 Å². The maximum atomic E-state index is 4.56. The smallest absolute Gasteiger partial charge is 0.176 e. The summed E-state index contributed by atoms with van der Waals surface area (Å²) in [4.78, 5) is 9.12. The summed E-state index contributed by atoms with van der Waals surface area (Å²) >= 11 is 3.42. The molecule has 0 atom stereocenters. The molecule has 1 fully saturated rings. The molecule has 0 unspecified atom stereocenters. The van der Waals surface area contributed by atoms with Crippen molar-refractivity contribution in [2.75, 3.05) is 0 Å². The number of fused-ring (bicyclic) bond motifs is 1.